The van der Waals surface area contributed by atoms with Gasteiger partial charge in [0.15, 0.2) is 5.78 Å². The van der Waals surface area contributed by atoms with E-state index >= 15 is 0 Å². The fraction of sp³-hybridized carbons (Fsp3) is 0.0870. The summed E-state index contributed by atoms with van der Waals surface area (Å²) < 4.78 is 5.24. The SMILES string of the molecule is O=C(CCC(=O)c1ccccc1)Oc1ccc(NC(=O)c2ccccc2)cc1. The van der Waals surface area contributed by atoms with Gasteiger partial charge in [0.25, 0.3) is 5.91 Å². The molecule has 3 rings (SSSR count). The minimum atomic E-state index is -0.481. The van der Waals surface area contributed by atoms with E-state index in [0.29, 0.717) is 22.6 Å². The van der Waals surface area contributed by atoms with Crippen LogP contribution in [0.1, 0.15) is 33.6 Å². The van der Waals surface area contributed by atoms with Gasteiger partial charge in [-0.15, -0.1) is 0 Å². The van der Waals surface area contributed by atoms with Crippen LogP contribution in [0.2, 0.25) is 0 Å². The maximum atomic E-state index is 12.1. The third kappa shape index (κ3) is 5.38. The number of hydrogen-bond acceptors (Lipinski definition) is 4. The van der Waals surface area contributed by atoms with Crippen LogP contribution in [0.5, 0.6) is 5.75 Å². The van der Waals surface area contributed by atoms with Crippen molar-refractivity contribution in [3.8, 4) is 5.75 Å². The Bertz CT molecular complexity index is 951. The summed E-state index contributed by atoms with van der Waals surface area (Å²) >= 11 is 0. The van der Waals surface area contributed by atoms with Crippen molar-refractivity contribution in [1.29, 1.82) is 0 Å². The van der Waals surface area contributed by atoms with E-state index < -0.39 is 5.97 Å². The van der Waals surface area contributed by atoms with Crippen molar-refractivity contribution >= 4 is 23.3 Å². The lowest BCUT2D eigenvalue weighted by Gasteiger charge is -2.07. The molecule has 0 aromatic heterocycles. The van der Waals surface area contributed by atoms with Crippen molar-refractivity contribution in [1.82, 2.24) is 0 Å². The third-order valence-corrected chi connectivity index (χ3v) is 4.03. The van der Waals surface area contributed by atoms with Crippen LogP contribution >= 0.6 is 0 Å². The molecule has 0 aliphatic heterocycles. The monoisotopic (exact) mass is 373 g/mol. The summed E-state index contributed by atoms with van der Waals surface area (Å²) in [6.07, 6.45) is 0.0916. The minimum Gasteiger partial charge on any atom is -0.427 e. The molecule has 3 aromatic rings. The highest BCUT2D eigenvalue weighted by Gasteiger charge is 2.11. The maximum Gasteiger partial charge on any atom is 0.311 e. The third-order valence-electron chi connectivity index (χ3n) is 4.03. The zero-order valence-corrected chi connectivity index (χ0v) is 15.1. The lowest BCUT2D eigenvalue weighted by atomic mass is 10.1. The van der Waals surface area contributed by atoms with Crippen molar-refractivity contribution in [2.75, 3.05) is 5.32 Å². The van der Waals surface area contributed by atoms with E-state index in [-0.39, 0.29) is 24.5 Å². The summed E-state index contributed by atoms with van der Waals surface area (Å²) in [5.41, 5.74) is 1.72. The van der Waals surface area contributed by atoms with E-state index in [1.807, 2.05) is 12.1 Å². The van der Waals surface area contributed by atoms with Crippen molar-refractivity contribution in [2.45, 2.75) is 12.8 Å². The highest BCUT2D eigenvalue weighted by Crippen LogP contribution is 2.17. The van der Waals surface area contributed by atoms with Crippen LogP contribution in [0, 0.1) is 0 Å². The Hall–Kier alpha value is -3.73. The van der Waals surface area contributed by atoms with E-state index in [1.54, 1.807) is 72.8 Å². The van der Waals surface area contributed by atoms with E-state index in [2.05, 4.69) is 5.32 Å². The predicted molar refractivity (Wildman–Crippen MR) is 106 cm³/mol. The summed E-state index contributed by atoms with van der Waals surface area (Å²) in [5, 5.41) is 2.77. The molecule has 0 atom stereocenters. The molecule has 3 aromatic carbocycles. The molecule has 0 radical (unpaired) electrons. The summed E-state index contributed by atoms with van der Waals surface area (Å²) in [5.74, 6) is -0.443. The second-order valence-corrected chi connectivity index (χ2v) is 6.11. The molecule has 0 unspecified atom stereocenters. The second-order valence-electron chi connectivity index (χ2n) is 6.11. The van der Waals surface area contributed by atoms with Gasteiger partial charge in [-0.25, -0.2) is 0 Å². The number of rotatable bonds is 7. The van der Waals surface area contributed by atoms with Crippen LogP contribution < -0.4 is 10.1 Å². The normalized spacial score (nSPS) is 10.1. The van der Waals surface area contributed by atoms with Gasteiger partial charge in [0.1, 0.15) is 5.75 Å². The summed E-state index contributed by atoms with van der Waals surface area (Å²) in [4.78, 5) is 36.1. The van der Waals surface area contributed by atoms with E-state index in [1.165, 1.54) is 0 Å². The van der Waals surface area contributed by atoms with Gasteiger partial charge < -0.3 is 10.1 Å². The van der Waals surface area contributed by atoms with Gasteiger partial charge in [-0.3, -0.25) is 14.4 Å². The topological polar surface area (TPSA) is 72.5 Å². The molecule has 0 bridgehead atoms. The standard InChI is InChI=1S/C23H19NO4/c25-21(17-7-3-1-4-8-17)15-16-22(26)28-20-13-11-19(12-14-20)24-23(27)18-9-5-2-6-10-18/h1-14H,15-16H2,(H,24,27). The molecule has 0 heterocycles. The number of ether oxygens (including phenoxy) is 1. The van der Waals surface area contributed by atoms with Gasteiger partial charge in [0.05, 0.1) is 6.42 Å². The highest BCUT2D eigenvalue weighted by atomic mass is 16.5. The fourth-order valence-corrected chi connectivity index (χ4v) is 2.57. The number of hydrogen-bond donors (Lipinski definition) is 1. The van der Waals surface area contributed by atoms with Gasteiger partial charge in [0.2, 0.25) is 0 Å². The molecule has 1 N–H and O–H groups in total. The van der Waals surface area contributed by atoms with Gasteiger partial charge >= 0.3 is 5.97 Å². The van der Waals surface area contributed by atoms with Crippen molar-refractivity contribution < 1.29 is 19.1 Å². The Balaban J connectivity index is 1.49. The summed E-state index contributed by atoms with van der Waals surface area (Å²) in [6.45, 7) is 0. The summed E-state index contributed by atoms with van der Waals surface area (Å²) in [6, 6.07) is 24.2. The van der Waals surface area contributed by atoms with E-state index in [4.69, 9.17) is 4.74 Å². The van der Waals surface area contributed by atoms with Crippen LogP contribution in [0.3, 0.4) is 0 Å². The maximum absolute atomic E-state index is 12.1. The van der Waals surface area contributed by atoms with Crippen LogP contribution in [0.15, 0.2) is 84.9 Å². The van der Waals surface area contributed by atoms with Gasteiger partial charge in [-0.1, -0.05) is 48.5 Å². The highest BCUT2D eigenvalue weighted by molar-refractivity contribution is 6.04. The summed E-state index contributed by atoms with van der Waals surface area (Å²) in [7, 11) is 0. The quantitative estimate of drug-likeness (QED) is 0.376. The molecular weight excluding hydrogens is 354 g/mol. The molecule has 5 nitrogen and oxygen atoms in total. The van der Waals surface area contributed by atoms with Crippen LogP contribution in [0.25, 0.3) is 0 Å². The lowest BCUT2D eigenvalue weighted by Crippen LogP contribution is -2.12. The molecule has 0 aliphatic carbocycles. The average molecular weight is 373 g/mol. The predicted octanol–water partition coefficient (Wildman–Crippen LogP) is 4.51. The molecule has 0 fully saturated rings. The largest absolute Gasteiger partial charge is 0.427 e. The number of benzene rings is 3. The Kier molecular flexibility index (Phi) is 6.31. The molecule has 140 valence electrons. The van der Waals surface area contributed by atoms with Crippen molar-refractivity contribution in [3.05, 3.63) is 96.1 Å². The molecule has 0 aliphatic rings. The second kappa shape index (κ2) is 9.28. The smallest absolute Gasteiger partial charge is 0.311 e. The first-order valence-electron chi connectivity index (χ1n) is 8.87. The molecule has 0 saturated carbocycles. The Morgan fingerprint density at radius 1 is 0.679 bits per heavy atom. The average Bonchev–Trinajstić information content (AvgIpc) is 2.74. The number of carbonyl (C=O) groups is 3. The number of esters is 1. The Morgan fingerprint density at radius 2 is 1.25 bits per heavy atom. The number of nitrogens with one attached hydrogen (secondary N) is 1. The lowest BCUT2D eigenvalue weighted by molar-refractivity contribution is -0.134. The molecule has 1 amide bonds. The van der Waals surface area contributed by atoms with Crippen LogP contribution in [0.4, 0.5) is 5.69 Å². The first-order valence-corrected chi connectivity index (χ1v) is 8.87. The molecular formula is C23H19NO4. The fourth-order valence-electron chi connectivity index (χ4n) is 2.57. The number of Topliss-reactive ketones (excluding diaryl/α,β-unsaturated/α-hetero) is 1. The molecule has 0 spiro atoms. The zero-order valence-electron chi connectivity index (χ0n) is 15.1. The van der Waals surface area contributed by atoms with Gasteiger partial charge in [0, 0.05) is 23.2 Å². The Morgan fingerprint density at radius 3 is 1.86 bits per heavy atom. The molecule has 0 saturated heterocycles. The number of ketones is 1. The first-order chi connectivity index (χ1) is 13.6. The van der Waals surface area contributed by atoms with Crippen LogP contribution in [-0.2, 0) is 4.79 Å². The number of anilines is 1. The van der Waals surface area contributed by atoms with E-state index in [9.17, 15) is 14.4 Å². The Labute approximate surface area is 163 Å². The van der Waals surface area contributed by atoms with E-state index in [0.717, 1.165) is 0 Å². The first kappa shape index (κ1) is 19.0. The number of carbonyl (C=O) groups excluding carboxylic acids is 3. The minimum absolute atomic E-state index is 0.000220. The zero-order chi connectivity index (χ0) is 19.8. The van der Waals surface area contributed by atoms with Gasteiger partial charge in [-0.05, 0) is 36.4 Å². The number of amides is 1. The van der Waals surface area contributed by atoms with Crippen molar-refractivity contribution in [3.63, 3.8) is 0 Å². The molecule has 28 heavy (non-hydrogen) atoms. The molecule has 5 heteroatoms. The van der Waals surface area contributed by atoms with Gasteiger partial charge in [-0.2, -0.15) is 0 Å². The van der Waals surface area contributed by atoms with Crippen molar-refractivity contribution in [2.24, 2.45) is 0 Å². The van der Waals surface area contributed by atoms with Crippen LogP contribution in [-0.4, -0.2) is 17.7 Å².